The molecule has 3 N–H and O–H groups in total. The van der Waals surface area contributed by atoms with Gasteiger partial charge in [0.1, 0.15) is 6.04 Å². The van der Waals surface area contributed by atoms with E-state index in [1.54, 1.807) is 0 Å². The van der Waals surface area contributed by atoms with E-state index in [4.69, 9.17) is 9.84 Å². The van der Waals surface area contributed by atoms with Crippen molar-refractivity contribution in [2.24, 2.45) is 5.92 Å². The smallest absolute Gasteiger partial charge is 0.326 e. The third kappa shape index (κ3) is 6.75. The number of hydrogen-bond acceptors (Lipinski definition) is 3. The van der Waals surface area contributed by atoms with Gasteiger partial charge in [-0.05, 0) is 25.2 Å². The highest BCUT2D eigenvalue weighted by molar-refractivity contribution is 5.82. The number of nitrogens with one attached hydrogen (secondary N) is 2. The summed E-state index contributed by atoms with van der Waals surface area (Å²) in [7, 11) is 0. The molecule has 1 fully saturated rings. The molecule has 1 saturated carbocycles. The lowest BCUT2D eigenvalue weighted by Crippen LogP contribution is -2.47. The minimum atomic E-state index is -1.00. The van der Waals surface area contributed by atoms with Crippen molar-refractivity contribution in [3.8, 4) is 0 Å². The molecule has 116 valence electrons. The maximum absolute atomic E-state index is 11.6. The van der Waals surface area contributed by atoms with Crippen molar-refractivity contribution in [2.75, 3.05) is 13.2 Å². The number of carboxylic acid groups (broad SMARTS) is 1. The van der Waals surface area contributed by atoms with Crippen LogP contribution in [0.3, 0.4) is 0 Å². The first-order valence-corrected chi connectivity index (χ1v) is 7.37. The molecule has 1 aliphatic rings. The van der Waals surface area contributed by atoms with E-state index in [0.29, 0.717) is 25.7 Å². The first-order valence-electron chi connectivity index (χ1n) is 7.37. The summed E-state index contributed by atoms with van der Waals surface area (Å²) in [6.45, 7) is 4.71. The van der Waals surface area contributed by atoms with Crippen LogP contribution in [0.2, 0.25) is 0 Å². The molecule has 2 amide bonds. The van der Waals surface area contributed by atoms with Gasteiger partial charge in [-0.3, -0.25) is 0 Å². The summed E-state index contributed by atoms with van der Waals surface area (Å²) < 4.78 is 5.61. The molecule has 6 nitrogen and oxygen atoms in total. The van der Waals surface area contributed by atoms with E-state index < -0.39 is 18.0 Å². The Hall–Kier alpha value is -1.30. The molecule has 0 aliphatic heterocycles. The van der Waals surface area contributed by atoms with Gasteiger partial charge in [-0.15, -0.1) is 0 Å². The number of amides is 2. The second-order valence-corrected chi connectivity index (χ2v) is 5.70. The van der Waals surface area contributed by atoms with E-state index >= 15 is 0 Å². The molecule has 0 spiro atoms. The average molecular weight is 286 g/mol. The van der Waals surface area contributed by atoms with Crippen molar-refractivity contribution in [2.45, 2.75) is 58.1 Å². The van der Waals surface area contributed by atoms with Gasteiger partial charge in [-0.25, -0.2) is 9.59 Å². The minimum Gasteiger partial charge on any atom is -0.480 e. The van der Waals surface area contributed by atoms with Gasteiger partial charge in [0.25, 0.3) is 0 Å². The largest absolute Gasteiger partial charge is 0.480 e. The van der Waals surface area contributed by atoms with Crippen LogP contribution < -0.4 is 10.6 Å². The summed E-state index contributed by atoms with van der Waals surface area (Å²) >= 11 is 0. The van der Waals surface area contributed by atoms with Crippen molar-refractivity contribution in [3.63, 3.8) is 0 Å². The zero-order chi connectivity index (χ0) is 15.0. The first kappa shape index (κ1) is 16.8. The van der Waals surface area contributed by atoms with Crippen molar-refractivity contribution < 1.29 is 19.4 Å². The fraction of sp³-hybridized carbons (Fsp3) is 0.857. The number of rotatable bonds is 8. The summed E-state index contributed by atoms with van der Waals surface area (Å²) in [5, 5.41) is 14.1. The predicted molar refractivity (Wildman–Crippen MR) is 75.6 cm³/mol. The van der Waals surface area contributed by atoms with Crippen molar-refractivity contribution in [3.05, 3.63) is 0 Å². The number of carbonyl (C=O) groups is 2. The molecular formula is C14H26N2O4. The highest BCUT2D eigenvalue weighted by Crippen LogP contribution is 2.20. The number of carboxylic acids is 1. The molecule has 0 unspecified atom stereocenters. The fourth-order valence-electron chi connectivity index (χ4n) is 2.35. The third-order valence-electron chi connectivity index (χ3n) is 3.35. The Labute approximate surface area is 120 Å². The third-order valence-corrected chi connectivity index (χ3v) is 3.35. The Kier molecular flexibility index (Phi) is 7.36. The topological polar surface area (TPSA) is 87.7 Å². The van der Waals surface area contributed by atoms with Crippen LogP contribution in [0.1, 0.15) is 46.0 Å². The fourth-order valence-corrected chi connectivity index (χ4v) is 2.35. The molecule has 0 saturated heterocycles. The highest BCUT2D eigenvalue weighted by Gasteiger charge is 2.21. The molecule has 1 atom stereocenters. The Bertz CT molecular complexity index is 314. The number of carbonyl (C=O) groups excluding carboxylic acids is 1. The maximum atomic E-state index is 11.6. The summed E-state index contributed by atoms with van der Waals surface area (Å²) in [6.07, 6.45) is 5.37. The average Bonchev–Trinajstić information content (AvgIpc) is 2.86. The van der Waals surface area contributed by atoms with Crippen LogP contribution in [0.15, 0.2) is 0 Å². The van der Waals surface area contributed by atoms with Gasteiger partial charge in [-0.1, -0.05) is 26.7 Å². The summed E-state index contributed by atoms with van der Waals surface area (Å²) in [5.41, 5.74) is 0. The van der Waals surface area contributed by atoms with E-state index in [-0.39, 0.29) is 5.92 Å². The van der Waals surface area contributed by atoms with Crippen LogP contribution in [-0.2, 0) is 9.53 Å². The van der Waals surface area contributed by atoms with E-state index in [1.165, 1.54) is 12.8 Å². The molecule has 0 aromatic rings. The van der Waals surface area contributed by atoms with Gasteiger partial charge < -0.3 is 20.5 Å². The van der Waals surface area contributed by atoms with E-state index in [0.717, 1.165) is 12.8 Å². The summed E-state index contributed by atoms with van der Waals surface area (Å²) in [4.78, 5) is 22.6. The number of urea groups is 1. The Balaban J connectivity index is 2.15. The lowest BCUT2D eigenvalue weighted by atomic mass is 10.0. The molecule has 20 heavy (non-hydrogen) atoms. The quantitative estimate of drug-likeness (QED) is 0.593. The molecule has 0 aromatic carbocycles. The number of hydrogen-bond donors (Lipinski definition) is 3. The Morgan fingerprint density at radius 1 is 1.30 bits per heavy atom. The highest BCUT2D eigenvalue weighted by atomic mass is 16.5. The number of ether oxygens (including phenoxy) is 1. The summed E-state index contributed by atoms with van der Waals surface area (Å²) in [6, 6.07) is -1.29. The van der Waals surface area contributed by atoms with Gasteiger partial charge >= 0.3 is 12.0 Å². The molecule has 1 rings (SSSR count). The SMILES string of the molecule is CC(C)C[C@H](NC(=O)NCCOC1CCCC1)C(=O)O. The molecule has 0 heterocycles. The van der Waals surface area contributed by atoms with Crippen LogP contribution in [-0.4, -0.2) is 42.4 Å². The molecule has 6 heteroatoms. The summed E-state index contributed by atoms with van der Waals surface area (Å²) in [5.74, 6) is -0.793. The van der Waals surface area contributed by atoms with Crippen LogP contribution in [0.25, 0.3) is 0 Å². The van der Waals surface area contributed by atoms with Crippen LogP contribution in [0.5, 0.6) is 0 Å². The van der Waals surface area contributed by atoms with Crippen molar-refractivity contribution >= 4 is 12.0 Å². The minimum absolute atomic E-state index is 0.210. The molecule has 0 aromatic heterocycles. The van der Waals surface area contributed by atoms with Gasteiger partial charge in [0.15, 0.2) is 0 Å². The zero-order valence-electron chi connectivity index (χ0n) is 12.4. The molecule has 0 bridgehead atoms. The first-order chi connectivity index (χ1) is 9.49. The lowest BCUT2D eigenvalue weighted by Gasteiger charge is -2.17. The lowest BCUT2D eigenvalue weighted by molar-refractivity contribution is -0.139. The van der Waals surface area contributed by atoms with Gasteiger partial charge in [0.2, 0.25) is 0 Å². The van der Waals surface area contributed by atoms with Crippen LogP contribution >= 0.6 is 0 Å². The van der Waals surface area contributed by atoms with Crippen LogP contribution in [0, 0.1) is 5.92 Å². The predicted octanol–water partition coefficient (Wildman–Crippen LogP) is 1.74. The Morgan fingerprint density at radius 2 is 1.95 bits per heavy atom. The van der Waals surface area contributed by atoms with E-state index in [1.807, 2.05) is 13.8 Å². The number of aliphatic carboxylic acids is 1. The van der Waals surface area contributed by atoms with Crippen LogP contribution in [0.4, 0.5) is 4.79 Å². The van der Waals surface area contributed by atoms with Gasteiger partial charge in [0.05, 0.1) is 12.7 Å². The van der Waals surface area contributed by atoms with Gasteiger partial charge in [0, 0.05) is 6.54 Å². The van der Waals surface area contributed by atoms with E-state index in [9.17, 15) is 9.59 Å². The standard InChI is InChI=1S/C14H26N2O4/c1-10(2)9-12(13(17)18)16-14(19)15-7-8-20-11-5-3-4-6-11/h10-12H,3-9H2,1-2H3,(H,17,18)(H2,15,16,19)/t12-/m0/s1. The second kappa shape index (κ2) is 8.79. The monoisotopic (exact) mass is 286 g/mol. The molecule has 1 aliphatic carbocycles. The van der Waals surface area contributed by atoms with Crippen molar-refractivity contribution in [1.29, 1.82) is 0 Å². The maximum Gasteiger partial charge on any atom is 0.326 e. The Morgan fingerprint density at radius 3 is 2.50 bits per heavy atom. The zero-order valence-corrected chi connectivity index (χ0v) is 12.4. The van der Waals surface area contributed by atoms with Crippen molar-refractivity contribution in [1.82, 2.24) is 10.6 Å². The molecule has 0 radical (unpaired) electrons. The van der Waals surface area contributed by atoms with E-state index in [2.05, 4.69) is 10.6 Å². The molecular weight excluding hydrogens is 260 g/mol. The second-order valence-electron chi connectivity index (χ2n) is 5.70. The normalized spacial score (nSPS) is 17.1. The van der Waals surface area contributed by atoms with Gasteiger partial charge in [-0.2, -0.15) is 0 Å².